The molecular formula is C20H24FN3O5S. The van der Waals surface area contributed by atoms with Gasteiger partial charge in [0.05, 0.1) is 23.6 Å². The SMILES string of the molecule is O=C(N[C@H]1CC[C@@H](CCNS(=O)(=O)c2ccc(F)cc2)O[C@H]1CO)c1ccccn1. The Bertz CT molecular complexity index is 941. The van der Waals surface area contributed by atoms with Crippen LogP contribution in [0.2, 0.25) is 0 Å². The zero-order valence-corrected chi connectivity index (χ0v) is 17.0. The number of hydrogen-bond donors (Lipinski definition) is 3. The van der Waals surface area contributed by atoms with Crippen LogP contribution in [0.3, 0.4) is 0 Å². The quantitative estimate of drug-likeness (QED) is 0.572. The summed E-state index contributed by atoms with van der Waals surface area (Å²) >= 11 is 0. The molecule has 3 rings (SSSR count). The summed E-state index contributed by atoms with van der Waals surface area (Å²) in [6.07, 6.45) is 2.25. The Morgan fingerprint density at radius 2 is 1.97 bits per heavy atom. The van der Waals surface area contributed by atoms with Gasteiger partial charge in [0.1, 0.15) is 17.6 Å². The van der Waals surface area contributed by atoms with Crippen LogP contribution in [0.25, 0.3) is 0 Å². The highest BCUT2D eigenvalue weighted by Gasteiger charge is 2.32. The van der Waals surface area contributed by atoms with Gasteiger partial charge in [0.25, 0.3) is 5.91 Å². The molecule has 162 valence electrons. The standard InChI is InChI=1S/C20H24FN3O5S/c21-14-4-7-16(8-5-14)30(27,28)23-12-10-15-6-9-17(19(13-25)29-15)24-20(26)18-3-1-2-11-22-18/h1-5,7-8,11,15,17,19,23,25H,6,9-10,12-13H2,(H,24,26)/t15-,17-,19-/m0/s1. The summed E-state index contributed by atoms with van der Waals surface area (Å²) < 4.78 is 45.8. The number of pyridine rings is 1. The fourth-order valence-corrected chi connectivity index (χ4v) is 4.35. The molecule has 8 nitrogen and oxygen atoms in total. The number of rotatable bonds is 8. The Morgan fingerprint density at radius 1 is 1.20 bits per heavy atom. The number of aliphatic hydroxyl groups excluding tert-OH is 1. The fraction of sp³-hybridized carbons (Fsp3) is 0.400. The van der Waals surface area contributed by atoms with Crippen molar-refractivity contribution in [1.29, 1.82) is 0 Å². The second-order valence-electron chi connectivity index (χ2n) is 6.99. The molecule has 1 aromatic heterocycles. The predicted octanol–water partition coefficient (Wildman–Crippen LogP) is 1.23. The van der Waals surface area contributed by atoms with Gasteiger partial charge in [0.15, 0.2) is 0 Å². The fourth-order valence-electron chi connectivity index (χ4n) is 3.30. The van der Waals surface area contributed by atoms with Crippen LogP contribution in [0.5, 0.6) is 0 Å². The molecule has 10 heteroatoms. The van der Waals surface area contributed by atoms with Crippen LogP contribution in [0.1, 0.15) is 29.8 Å². The molecule has 1 aliphatic rings. The van der Waals surface area contributed by atoms with E-state index in [1.807, 2.05) is 0 Å². The van der Waals surface area contributed by atoms with Gasteiger partial charge in [-0.2, -0.15) is 0 Å². The molecule has 1 aromatic carbocycles. The van der Waals surface area contributed by atoms with E-state index in [-0.39, 0.29) is 41.8 Å². The molecule has 0 aliphatic carbocycles. The summed E-state index contributed by atoms with van der Waals surface area (Å²) in [4.78, 5) is 16.3. The van der Waals surface area contributed by atoms with Crippen molar-refractivity contribution in [3.63, 3.8) is 0 Å². The largest absolute Gasteiger partial charge is 0.394 e. The van der Waals surface area contributed by atoms with Crippen molar-refractivity contribution in [3.05, 3.63) is 60.2 Å². The van der Waals surface area contributed by atoms with Crippen molar-refractivity contribution in [2.75, 3.05) is 13.2 Å². The molecule has 3 atom stereocenters. The minimum atomic E-state index is -3.74. The number of carbonyl (C=O) groups excluding carboxylic acids is 1. The van der Waals surface area contributed by atoms with Gasteiger partial charge in [-0.3, -0.25) is 9.78 Å². The van der Waals surface area contributed by atoms with Gasteiger partial charge < -0.3 is 15.2 Å². The van der Waals surface area contributed by atoms with E-state index >= 15 is 0 Å². The third kappa shape index (κ3) is 5.82. The lowest BCUT2D eigenvalue weighted by atomic mass is 9.97. The van der Waals surface area contributed by atoms with Gasteiger partial charge in [-0.15, -0.1) is 0 Å². The van der Waals surface area contributed by atoms with E-state index in [0.717, 1.165) is 12.1 Å². The monoisotopic (exact) mass is 437 g/mol. The number of nitrogens with one attached hydrogen (secondary N) is 2. The first-order chi connectivity index (χ1) is 14.4. The normalized spacial score (nSPS) is 21.9. The van der Waals surface area contributed by atoms with Crippen molar-refractivity contribution in [3.8, 4) is 0 Å². The van der Waals surface area contributed by atoms with Gasteiger partial charge >= 0.3 is 0 Å². The maximum absolute atomic E-state index is 13.0. The smallest absolute Gasteiger partial charge is 0.270 e. The second-order valence-corrected chi connectivity index (χ2v) is 8.76. The zero-order valence-electron chi connectivity index (χ0n) is 16.2. The van der Waals surface area contributed by atoms with E-state index in [1.165, 1.54) is 18.3 Å². The van der Waals surface area contributed by atoms with Gasteiger partial charge in [0.2, 0.25) is 10.0 Å². The van der Waals surface area contributed by atoms with Crippen LogP contribution < -0.4 is 10.0 Å². The molecule has 0 bridgehead atoms. The Hall–Kier alpha value is -2.40. The number of aliphatic hydroxyl groups is 1. The minimum absolute atomic E-state index is 0.0148. The van der Waals surface area contributed by atoms with E-state index in [4.69, 9.17) is 4.74 Å². The summed E-state index contributed by atoms with van der Waals surface area (Å²) in [5.41, 5.74) is 0.284. The molecule has 1 fully saturated rings. The van der Waals surface area contributed by atoms with Crippen LogP contribution in [0.15, 0.2) is 53.6 Å². The molecule has 0 unspecified atom stereocenters. The number of sulfonamides is 1. The molecule has 1 saturated heterocycles. The Labute approximate surface area is 174 Å². The number of ether oxygens (including phenoxy) is 1. The Kier molecular flexibility index (Phi) is 7.48. The predicted molar refractivity (Wildman–Crippen MR) is 107 cm³/mol. The summed E-state index contributed by atoms with van der Waals surface area (Å²) in [6, 6.07) is 9.24. The molecule has 1 aliphatic heterocycles. The van der Waals surface area contributed by atoms with E-state index < -0.39 is 21.9 Å². The third-order valence-corrected chi connectivity index (χ3v) is 6.37. The minimum Gasteiger partial charge on any atom is -0.394 e. The van der Waals surface area contributed by atoms with Gasteiger partial charge in [0, 0.05) is 12.7 Å². The number of amides is 1. The summed E-state index contributed by atoms with van der Waals surface area (Å²) in [6.45, 7) is -0.140. The van der Waals surface area contributed by atoms with Crippen molar-refractivity contribution in [2.45, 2.75) is 42.4 Å². The lowest BCUT2D eigenvalue weighted by Crippen LogP contribution is -2.51. The average molecular weight is 437 g/mol. The first kappa shape index (κ1) is 22.3. The van der Waals surface area contributed by atoms with Crippen molar-refractivity contribution in [1.82, 2.24) is 15.0 Å². The number of nitrogens with zero attached hydrogens (tertiary/aromatic N) is 1. The highest BCUT2D eigenvalue weighted by atomic mass is 32.2. The van der Waals surface area contributed by atoms with Crippen LogP contribution >= 0.6 is 0 Å². The molecule has 0 spiro atoms. The number of aromatic nitrogens is 1. The molecule has 0 saturated carbocycles. The zero-order chi connectivity index (χ0) is 21.6. The average Bonchev–Trinajstić information content (AvgIpc) is 2.75. The highest BCUT2D eigenvalue weighted by molar-refractivity contribution is 7.89. The number of carbonyl (C=O) groups is 1. The molecule has 2 heterocycles. The lowest BCUT2D eigenvalue weighted by Gasteiger charge is -2.36. The molecule has 3 N–H and O–H groups in total. The van der Waals surface area contributed by atoms with E-state index in [1.54, 1.807) is 18.2 Å². The molecule has 2 aromatic rings. The summed E-state index contributed by atoms with van der Waals surface area (Å²) in [7, 11) is -3.74. The Morgan fingerprint density at radius 3 is 2.63 bits per heavy atom. The summed E-state index contributed by atoms with van der Waals surface area (Å²) in [5, 5.41) is 12.5. The van der Waals surface area contributed by atoms with E-state index in [0.29, 0.717) is 19.3 Å². The van der Waals surface area contributed by atoms with Crippen molar-refractivity contribution in [2.24, 2.45) is 0 Å². The van der Waals surface area contributed by atoms with Crippen LogP contribution in [0, 0.1) is 5.82 Å². The number of benzene rings is 1. The molecule has 0 radical (unpaired) electrons. The maximum atomic E-state index is 13.0. The van der Waals surface area contributed by atoms with E-state index in [2.05, 4.69) is 15.0 Å². The van der Waals surface area contributed by atoms with Gasteiger partial charge in [-0.25, -0.2) is 17.5 Å². The van der Waals surface area contributed by atoms with Crippen LogP contribution in [0.4, 0.5) is 4.39 Å². The number of halogens is 1. The van der Waals surface area contributed by atoms with E-state index in [9.17, 15) is 22.7 Å². The van der Waals surface area contributed by atoms with Gasteiger partial charge in [-0.1, -0.05) is 6.07 Å². The maximum Gasteiger partial charge on any atom is 0.270 e. The first-order valence-electron chi connectivity index (χ1n) is 9.62. The van der Waals surface area contributed by atoms with Crippen molar-refractivity contribution >= 4 is 15.9 Å². The summed E-state index contributed by atoms with van der Waals surface area (Å²) in [5.74, 6) is -0.850. The topological polar surface area (TPSA) is 118 Å². The van der Waals surface area contributed by atoms with Gasteiger partial charge in [-0.05, 0) is 55.7 Å². The van der Waals surface area contributed by atoms with Crippen LogP contribution in [-0.2, 0) is 14.8 Å². The highest BCUT2D eigenvalue weighted by Crippen LogP contribution is 2.22. The molecular weight excluding hydrogens is 413 g/mol. The second kappa shape index (κ2) is 10.1. The van der Waals surface area contributed by atoms with Crippen molar-refractivity contribution < 1.29 is 27.4 Å². The lowest BCUT2D eigenvalue weighted by molar-refractivity contribution is -0.0891. The molecule has 30 heavy (non-hydrogen) atoms. The Balaban J connectivity index is 1.49. The van der Waals surface area contributed by atoms with Crippen LogP contribution in [-0.4, -0.2) is 55.8 Å². The third-order valence-electron chi connectivity index (χ3n) is 4.89. The first-order valence-corrected chi connectivity index (χ1v) is 11.1. The number of hydrogen-bond acceptors (Lipinski definition) is 6. The molecule has 1 amide bonds.